The summed E-state index contributed by atoms with van der Waals surface area (Å²) >= 11 is 3.47. The van der Waals surface area contributed by atoms with Crippen LogP contribution in [0.3, 0.4) is 0 Å². The first-order valence-corrected chi connectivity index (χ1v) is 7.06. The van der Waals surface area contributed by atoms with Crippen LogP contribution in [0.25, 0.3) is 0 Å². The van der Waals surface area contributed by atoms with Gasteiger partial charge < -0.3 is 9.47 Å². The van der Waals surface area contributed by atoms with Crippen molar-refractivity contribution in [2.75, 3.05) is 13.7 Å². The van der Waals surface area contributed by atoms with Crippen LogP contribution in [0.4, 0.5) is 0 Å². The first-order chi connectivity index (χ1) is 8.67. The summed E-state index contributed by atoms with van der Waals surface area (Å²) in [6.07, 6.45) is 1.95. The zero-order valence-corrected chi connectivity index (χ0v) is 12.2. The summed E-state index contributed by atoms with van der Waals surface area (Å²) in [5.41, 5.74) is 2.50. The number of fused-ring (bicyclic) bond motifs is 1. The number of hydrogen-bond donors (Lipinski definition) is 0. The van der Waals surface area contributed by atoms with E-state index in [2.05, 4.69) is 28.1 Å². The van der Waals surface area contributed by atoms with E-state index in [1.807, 2.05) is 13.0 Å². The Hall–Kier alpha value is -1.03. The Kier molecular flexibility index (Phi) is 4.27. The number of carbonyl (C=O) groups excluding carboxylic acids is 1. The first-order valence-electron chi connectivity index (χ1n) is 6.15. The van der Waals surface area contributed by atoms with Gasteiger partial charge in [-0.2, -0.15) is 0 Å². The van der Waals surface area contributed by atoms with Crippen molar-refractivity contribution < 1.29 is 14.3 Å². The molecule has 0 aromatic heterocycles. The van der Waals surface area contributed by atoms with E-state index in [1.165, 1.54) is 11.1 Å². The molecule has 1 aromatic rings. The van der Waals surface area contributed by atoms with Crippen LogP contribution in [0.5, 0.6) is 5.75 Å². The molecule has 0 amide bonds. The Morgan fingerprint density at radius 1 is 1.56 bits per heavy atom. The lowest BCUT2D eigenvalue weighted by atomic mass is 9.98. The van der Waals surface area contributed by atoms with E-state index in [4.69, 9.17) is 9.47 Å². The predicted octanol–water partition coefficient (Wildman–Crippen LogP) is 3.05. The van der Waals surface area contributed by atoms with Crippen LogP contribution in [0, 0.1) is 0 Å². The summed E-state index contributed by atoms with van der Waals surface area (Å²) in [6.45, 7) is 2.24. The number of esters is 1. The molecule has 98 valence electrons. The number of alkyl halides is 1. The lowest BCUT2D eigenvalue weighted by Crippen LogP contribution is -2.23. The van der Waals surface area contributed by atoms with E-state index in [9.17, 15) is 4.79 Å². The second-order valence-electron chi connectivity index (χ2n) is 4.36. The molecule has 4 heteroatoms. The lowest BCUT2D eigenvalue weighted by molar-refractivity contribution is -0.142. The second-order valence-corrected chi connectivity index (χ2v) is 5.35. The average molecular weight is 313 g/mol. The van der Waals surface area contributed by atoms with Gasteiger partial charge in [0.25, 0.3) is 0 Å². The summed E-state index contributed by atoms with van der Waals surface area (Å²) < 4.78 is 10.3. The van der Waals surface area contributed by atoms with Crippen molar-refractivity contribution in [3.8, 4) is 5.75 Å². The third kappa shape index (κ3) is 2.53. The molecule has 0 radical (unpaired) electrons. The van der Waals surface area contributed by atoms with E-state index in [1.54, 1.807) is 7.11 Å². The second kappa shape index (κ2) is 5.74. The van der Waals surface area contributed by atoms with Gasteiger partial charge >= 0.3 is 5.97 Å². The van der Waals surface area contributed by atoms with Gasteiger partial charge in [-0.1, -0.05) is 22.0 Å². The van der Waals surface area contributed by atoms with Crippen molar-refractivity contribution in [1.82, 2.24) is 0 Å². The van der Waals surface area contributed by atoms with Crippen LogP contribution >= 0.6 is 15.9 Å². The molecule has 0 bridgehead atoms. The van der Waals surface area contributed by atoms with Crippen molar-refractivity contribution in [3.63, 3.8) is 0 Å². The monoisotopic (exact) mass is 312 g/mol. The fourth-order valence-corrected chi connectivity index (χ4v) is 3.13. The summed E-state index contributed by atoms with van der Waals surface area (Å²) in [6, 6.07) is 6.06. The molecule has 0 fully saturated rings. The zero-order chi connectivity index (χ0) is 13.1. The molecule has 18 heavy (non-hydrogen) atoms. The topological polar surface area (TPSA) is 35.5 Å². The SMILES string of the molecule is CCOC(=O)C(Br)C1CCc2cc(OC)ccc21. The van der Waals surface area contributed by atoms with Gasteiger partial charge in [0.15, 0.2) is 0 Å². The quantitative estimate of drug-likeness (QED) is 0.633. The minimum Gasteiger partial charge on any atom is -0.497 e. The Bertz CT molecular complexity index is 445. The van der Waals surface area contributed by atoms with Gasteiger partial charge in [-0.15, -0.1) is 0 Å². The van der Waals surface area contributed by atoms with Crippen LogP contribution in [0.2, 0.25) is 0 Å². The Labute approximate surface area is 116 Å². The fourth-order valence-electron chi connectivity index (χ4n) is 2.44. The van der Waals surface area contributed by atoms with Crippen molar-refractivity contribution in [1.29, 1.82) is 0 Å². The van der Waals surface area contributed by atoms with Gasteiger partial charge in [0, 0.05) is 5.92 Å². The maximum atomic E-state index is 11.8. The summed E-state index contributed by atoms with van der Waals surface area (Å²) in [4.78, 5) is 11.5. The van der Waals surface area contributed by atoms with Crippen LogP contribution in [-0.2, 0) is 16.0 Å². The third-order valence-electron chi connectivity index (χ3n) is 3.34. The molecular weight excluding hydrogens is 296 g/mol. The number of benzene rings is 1. The highest BCUT2D eigenvalue weighted by Gasteiger charge is 2.33. The Morgan fingerprint density at radius 2 is 2.33 bits per heavy atom. The van der Waals surface area contributed by atoms with E-state index in [-0.39, 0.29) is 16.7 Å². The molecule has 2 atom stereocenters. The van der Waals surface area contributed by atoms with Gasteiger partial charge in [-0.25, -0.2) is 0 Å². The molecule has 0 aliphatic heterocycles. The number of methoxy groups -OCH3 is 1. The molecule has 0 heterocycles. The maximum Gasteiger partial charge on any atom is 0.320 e. The highest BCUT2D eigenvalue weighted by Crippen LogP contribution is 2.40. The molecule has 2 rings (SSSR count). The molecule has 1 aliphatic rings. The molecular formula is C14H17BrO3. The molecule has 1 aliphatic carbocycles. The van der Waals surface area contributed by atoms with Crippen molar-refractivity contribution in [3.05, 3.63) is 29.3 Å². The number of carbonyl (C=O) groups is 1. The van der Waals surface area contributed by atoms with E-state index in [0.717, 1.165) is 18.6 Å². The van der Waals surface area contributed by atoms with Crippen molar-refractivity contribution in [2.45, 2.75) is 30.5 Å². The minimum absolute atomic E-state index is 0.175. The highest BCUT2D eigenvalue weighted by atomic mass is 79.9. The van der Waals surface area contributed by atoms with Crippen LogP contribution in [-0.4, -0.2) is 24.5 Å². The standard InChI is InChI=1S/C14H17BrO3/c1-3-18-14(16)13(15)12-6-4-9-8-10(17-2)5-7-11(9)12/h5,7-8,12-13H,3-4,6H2,1-2H3. The van der Waals surface area contributed by atoms with Crippen molar-refractivity contribution in [2.24, 2.45) is 0 Å². The number of ether oxygens (including phenoxy) is 2. The fraction of sp³-hybridized carbons (Fsp3) is 0.500. The van der Waals surface area contributed by atoms with Gasteiger partial charge in [-0.05, 0) is 43.0 Å². The lowest BCUT2D eigenvalue weighted by Gasteiger charge is -2.17. The van der Waals surface area contributed by atoms with Gasteiger partial charge in [0.05, 0.1) is 13.7 Å². The van der Waals surface area contributed by atoms with E-state index >= 15 is 0 Å². The smallest absolute Gasteiger partial charge is 0.320 e. The number of hydrogen-bond acceptors (Lipinski definition) is 3. The van der Waals surface area contributed by atoms with Crippen LogP contribution in [0.15, 0.2) is 18.2 Å². The summed E-state index contributed by atoms with van der Waals surface area (Å²) in [5.74, 6) is 0.896. The number of halogens is 1. The van der Waals surface area contributed by atoms with Crippen LogP contribution < -0.4 is 4.74 Å². The third-order valence-corrected chi connectivity index (χ3v) is 4.35. The average Bonchev–Trinajstić information content (AvgIpc) is 2.80. The molecule has 2 unspecified atom stereocenters. The first kappa shape index (κ1) is 13.4. The largest absolute Gasteiger partial charge is 0.497 e. The van der Waals surface area contributed by atoms with Gasteiger partial charge in [0.2, 0.25) is 0 Å². The molecule has 0 saturated carbocycles. The Morgan fingerprint density at radius 3 is 3.00 bits per heavy atom. The molecule has 0 spiro atoms. The maximum absolute atomic E-state index is 11.8. The van der Waals surface area contributed by atoms with Crippen molar-refractivity contribution >= 4 is 21.9 Å². The summed E-state index contributed by atoms with van der Waals surface area (Å²) in [5, 5.41) is 0. The minimum atomic E-state index is -0.257. The number of aryl methyl sites for hydroxylation is 1. The van der Waals surface area contributed by atoms with E-state index in [0.29, 0.717) is 6.61 Å². The van der Waals surface area contributed by atoms with Crippen LogP contribution in [0.1, 0.15) is 30.4 Å². The highest BCUT2D eigenvalue weighted by molar-refractivity contribution is 9.10. The van der Waals surface area contributed by atoms with Gasteiger partial charge in [0.1, 0.15) is 10.6 Å². The predicted molar refractivity (Wildman–Crippen MR) is 73.4 cm³/mol. The number of rotatable bonds is 4. The van der Waals surface area contributed by atoms with E-state index < -0.39 is 0 Å². The molecule has 1 aromatic carbocycles. The molecule has 3 nitrogen and oxygen atoms in total. The molecule has 0 saturated heterocycles. The Balaban J connectivity index is 2.18. The zero-order valence-electron chi connectivity index (χ0n) is 10.6. The molecule has 0 N–H and O–H groups in total. The normalized spacial score (nSPS) is 19.2. The van der Waals surface area contributed by atoms with Gasteiger partial charge in [-0.3, -0.25) is 4.79 Å². The summed E-state index contributed by atoms with van der Waals surface area (Å²) in [7, 11) is 1.67.